The first-order chi connectivity index (χ1) is 19.6. The summed E-state index contributed by atoms with van der Waals surface area (Å²) < 4.78 is 54.8. The highest BCUT2D eigenvalue weighted by atomic mass is 35.5. The van der Waals surface area contributed by atoms with Gasteiger partial charge in [-0.25, -0.2) is 14.2 Å². The molecule has 0 spiro atoms. The summed E-state index contributed by atoms with van der Waals surface area (Å²) in [6, 6.07) is 22.8. The third-order valence-corrected chi connectivity index (χ3v) is 6.74. The van der Waals surface area contributed by atoms with Crippen molar-refractivity contribution < 1.29 is 27.5 Å². The normalized spacial score (nSPS) is 11.7. The van der Waals surface area contributed by atoms with E-state index in [2.05, 4.69) is 0 Å². The average Bonchev–Trinajstić information content (AvgIpc) is 3.34. The van der Waals surface area contributed by atoms with Gasteiger partial charge in [-0.2, -0.15) is 13.2 Å². The van der Waals surface area contributed by atoms with E-state index in [-0.39, 0.29) is 10.6 Å². The van der Waals surface area contributed by atoms with E-state index in [1.54, 1.807) is 60.8 Å². The van der Waals surface area contributed by atoms with Gasteiger partial charge in [-0.1, -0.05) is 66.2 Å². The number of halogens is 5. The van der Waals surface area contributed by atoms with Crippen LogP contribution in [-0.4, -0.2) is 20.6 Å². The van der Waals surface area contributed by atoms with Gasteiger partial charge in [0.1, 0.15) is 11.6 Å². The standard InChI is InChI=1S/C32H21ClF4N2O2/c33-28-17-26(34)13-14-27(28)29-19-39(18-21-6-11-23(12-7-21)31(40)41)30(38-29)15-8-20-4-9-22(10-5-20)24-2-1-3-25(16-24)32(35,36)37/h1-17,19H,18H2,(H,40,41). The van der Waals surface area contributed by atoms with Crippen LogP contribution in [-0.2, 0) is 12.7 Å². The maximum absolute atomic E-state index is 13.6. The topological polar surface area (TPSA) is 55.1 Å². The number of hydrogen-bond donors (Lipinski definition) is 1. The van der Waals surface area contributed by atoms with E-state index in [0.717, 1.165) is 23.3 Å². The molecule has 0 radical (unpaired) electrons. The minimum absolute atomic E-state index is 0.173. The summed E-state index contributed by atoms with van der Waals surface area (Å²) in [6.07, 6.45) is 0.959. The van der Waals surface area contributed by atoms with Crippen LogP contribution < -0.4 is 0 Å². The molecule has 0 unspecified atom stereocenters. The van der Waals surface area contributed by atoms with E-state index in [0.29, 0.717) is 34.8 Å². The van der Waals surface area contributed by atoms with Gasteiger partial charge in [0.15, 0.2) is 0 Å². The number of alkyl halides is 3. The first-order valence-corrected chi connectivity index (χ1v) is 12.8. The molecular formula is C32H21ClF4N2O2. The Morgan fingerprint density at radius 1 is 0.902 bits per heavy atom. The maximum Gasteiger partial charge on any atom is 0.416 e. The number of carbonyl (C=O) groups is 1. The molecular weight excluding hydrogens is 556 g/mol. The first kappa shape index (κ1) is 27.9. The average molecular weight is 577 g/mol. The maximum atomic E-state index is 13.6. The highest BCUT2D eigenvalue weighted by Crippen LogP contribution is 2.32. The third kappa shape index (κ3) is 6.56. The van der Waals surface area contributed by atoms with Crippen molar-refractivity contribution in [3.05, 3.63) is 136 Å². The van der Waals surface area contributed by atoms with Crippen LogP contribution in [0.3, 0.4) is 0 Å². The molecule has 5 rings (SSSR count). The molecule has 0 saturated heterocycles. The quantitative estimate of drug-likeness (QED) is 0.197. The number of nitrogens with zero attached hydrogens (tertiary/aromatic N) is 2. The molecule has 206 valence electrons. The van der Waals surface area contributed by atoms with Crippen LogP contribution in [0.25, 0.3) is 34.5 Å². The highest BCUT2D eigenvalue weighted by molar-refractivity contribution is 6.33. The summed E-state index contributed by atoms with van der Waals surface area (Å²) >= 11 is 6.28. The fourth-order valence-electron chi connectivity index (χ4n) is 4.30. The number of hydrogen-bond acceptors (Lipinski definition) is 2. The minimum Gasteiger partial charge on any atom is -0.478 e. The lowest BCUT2D eigenvalue weighted by Crippen LogP contribution is -2.04. The Morgan fingerprint density at radius 3 is 2.29 bits per heavy atom. The van der Waals surface area contributed by atoms with Gasteiger partial charge in [-0.15, -0.1) is 0 Å². The zero-order valence-electron chi connectivity index (χ0n) is 21.2. The van der Waals surface area contributed by atoms with Crippen molar-refractivity contribution in [2.24, 2.45) is 0 Å². The predicted octanol–water partition coefficient (Wildman–Crippen LogP) is 8.95. The molecule has 0 bridgehead atoms. The molecule has 4 aromatic carbocycles. The van der Waals surface area contributed by atoms with Gasteiger partial charge in [0.2, 0.25) is 0 Å². The molecule has 1 N–H and O–H groups in total. The number of rotatable bonds is 7. The van der Waals surface area contributed by atoms with Gasteiger partial charge in [0.05, 0.1) is 21.8 Å². The molecule has 41 heavy (non-hydrogen) atoms. The molecule has 1 heterocycles. The van der Waals surface area contributed by atoms with Crippen LogP contribution in [0.15, 0.2) is 97.2 Å². The Kier molecular flexibility index (Phi) is 7.77. The predicted molar refractivity (Wildman–Crippen MR) is 151 cm³/mol. The van der Waals surface area contributed by atoms with E-state index in [4.69, 9.17) is 16.6 Å². The molecule has 0 saturated carbocycles. The second kappa shape index (κ2) is 11.4. The molecule has 0 aliphatic carbocycles. The van der Waals surface area contributed by atoms with E-state index in [9.17, 15) is 27.5 Å². The number of imidazole rings is 1. The first-order valence-electron chi connectivity index (χ1n) is 12.4. The highest BCUT2D eigenvalue weighted by Gasteiger charge is 2.30. The molecule has 5 aromatic rings. The van der Waals surface area contributed by atoms with Crippen molar-refractivity contribution in [2.75, 3.05) is 0 Å². The van der Waals surface area contributed by atoms with Gasteiger partial charge in [0, 0.05) is 18.3 Å². The fraction of sp³-hybridized carbons (Fsp3) is 0.0625. The zero-order valence-corrected chi connectivity index (χ0v) is 22.0. The number of carboxylic acids is 1. The summed E-state index contributed by atoms with van der Waals surface area (Å²) in [4.78, 5) is 15.9. The number of carboxylic acid groups (broad SMARTS) is 1. The molecule has 0 fully saturated rings. The summed E-state index contributed by atoms with van der Waals surface area (Å²) in [7, 11) is 0. The zero-order chi connectivity index (χ0) is 29.1. The smallest absolute Gasteiger partial charge is 0.416 e. The lowest BCUT2D eigenvalue weighted by molar-refractivity contribution is -0.137. The Bertz CT molecular complexity index is 1740. The van der Waals surface area contributed by atoms with Gasteiger partial charge in [-0.3, -0.25) is 0 Å². The van der Waals surface area contributed by atoms with Crippen molar-refractivity contribution >= 4 is 29.7 Å². The van der Waals surface area contributed by atoms with E-state index in [1.807, 2.05) is 10.6 Å². The van der Waals surface area contributed by atoms with Crippen LogP contribution >= 0.6 is 11.6 Å². The summed E-state index contributed by atoms with van der Waals surface area (Å²) in [5.74, 6) is -0.926. The van der Waals surface area contributed by atoms with Crippen molar-refractivity contribution in [3.8, 4) is 22.4 Å². The molecule has 0 atom stereocenters. The minimum atomic E-state index is -4.42. The number of benzene rings is 4. The Hall–Kier alpha value is -4.69. The van der Waals surface area contributed by atoms with Crippen LogP contribution in [0.5, 0.6) is 0 Å². The summed E-state index contributed by atoms with van der Waals surface area (Å²) in [6.45, 7) is 0.375. The Labute approximate surface area is 237 Å². The van der Waals surface area contributed by atoms with Gasteiger partial charge in [-0.05, 0) is 70.8 Å². The van der Waals surface area contributed by atoms with Crippen molar-refractivity contribution in [2.45, 2.75) is 12.7 Å². The Balaban J connectivity index is 1.44. The molecule has 1 aromatic heterocycles. The van der Waals surface area contributed by atoms with Crippen LogP contribution in [0, 0.1) is 5.82 Å². The lowest BCUT2D eigenvalue weighted by atomic mass is 10.0. The monoisotopic (exact) mass is 576 g/mol. The molecule has 0 aliphatic heterocycles. The van der Waals surface area contributed by atoms with Crippen LogP contribution in [0.4, 0.5) is 17.6 Å². The second-order valence-corrected chi connectivity index (χ2v) is 9.68. The molecule has 4 nitrogen and oxygen atoms in total. The van der Waals surface area contributed by atoms with Crippen molar-refractivity contribution in [3.63, 3.8) is 0 Å². The van der Waals surface area contributed by atoms with E-state index < -0.39 is 23.5 Å². The van der Waals surface area contributed by atoms with Crippen LogP contribution in [0.1, 0.15) is 32.9 Å². The van der Waals surface area contributed by atoms with E-state index in [1.165, 1.54) is 30.3 Å². The second-order valence-electron chi connectivity index (χ2n) is 9.27. The molecule has 9 heteroatoms. The third-order valence-electron chi connectivity index (χ3n) is 6.43. The van der Waals surface area contributed by atoms with Gasteiger partial charge in [0.25, 0.3) is 0 Å². The van der Waals surface area contributed by atoms with Crippen molar-refractivity contribution in [1.82, 2.24) is 9.55 Å². The summed E-state index contributed by atoms with van der Waals surface area (Å²) in [5, 5.41) is 9.39. The number of aromatic nitrogens is 2. The SMILES string of the molecule is O=C(O)c1ccc(Cn2cc(-c3ccc(F)cc3Cl)nc2C=Cc2ccc(-c3cccc(C(F)(F)F)c3)cc2)cc1. The fourth-order valence-corrected chi connectivity index (χ4v) is 4.56. The van der Waals surface area contributed by atoms with Crippen LogP contribution in [0.2, 0.25) is 5.02 Å². The van der Waals surface area contributed by atoms with E-state index >= 15 is 0 Å². The molecule has 0 amide bonds. The Morgan fingerprint density at radius 2 is 1.63 bits per heavy atom. The molecule has 0 aliphatic rings. The largest absolute Gasteiger partial charge is 0.478 e. The van der Waals surface area contributed by atoms with Crippen molar-refractivity contribution in [1.29, 1.82) is 0 Å². The number of aromatic carboxylic acids is 1. The van der Waals surface area contributed by atoms with Gasteiger partial charge < -0.3 is 9.67 Å². The summed E-state index contributed by atoms with van der Waals surface area (Å²) in [5.41, 5.74) is 3.28. The lowest BCUT2D eigenvalue weighted by Gasteiger charge is -2.09. The van der Waals surface area contributed by atoms with Gasteiger partial charge >= 0.3 is 12.1 Å².